The van der Waals surface area contributed by atoms with Crippen molar-refractivity contribution < 1.29 is 4.79 Å². The molecule has 0 unspecified atom stereocenters. The Kier molecular flexibility index (Phi) is 5.06. The number of alkyl halides is 1. The topological polar surface area (TPSA) is 72.7 Å². The lowest BCUT2D eigenvalue weighted by molar-refractivity contribution is -0.116. The number of rotatable bonds is 6. The molecule has 1 N–H and O–H groups in total. The molecule has 2 rings (SSSR count). The molecule has 0 saturated heterocycles. The fourth-order valence-corrected chi connectivity index (χ4v) is 1.98. The van der Waals surface area contributed by atoms with Crippen LogP contribution in [0.1, 0.15) is 25.1 Å². The monoisotopic (exact) mass is 293 g/mol. The lowest BCUT2D eigenvalue weighted by Crippen LogP contribution is -2.11. The van der Waals surface area contributed by atoms with E-state index in [1.807, 2.05) is 31.2 Å². The number of unbranched alkanes of at least 4 members (excludes halogenated alkanes) is 1. The molecule has 20 heavy (non-hydrogen) atoms. The quantitative estimate of drug-likeness (QED) is 0.655. The third kappa shape index (κ3) is 3.77. The molecule has 106 valence electrons. The van der Waals surface area contributed by atoms with E-state index in [1.54, 1.807) is 4.68 Å². The van der Waals surface area contributed by atoms with Gasteiger partial charge in [-0.05, 0) is 48.4 Å². The van der Waals surface area contributed by atoms with E-state index in [0.717, 1.165) is 24.2 Å². The van der Waals surface area contributed by atoms with Crippen LogP contribution < -0.4 is 5.32 Å². The molecule has 7 heteroatoms. The summed E-state index contributed by atoms with van der Waals surface area (Å²) in [6.45, 7) is 1.82. The molecular weight excluding hydrogens is 278 g/mol. The summed E-state index contributed by atoms with van der Waals surface area (Å²) in [6.07, 6.45) is 2.11. The number of aryl methyl sites for hydroxylation is 1. The van der Waals surface area contributed by atoms with Crippen molar-refractivity contribution in [3.05, 3.63) is 30.1 Å². The summed E-state index contributed by atoms with van der Waals surface area (Å²) in [4.78, 5) is 11.8. The van der Waals surface area contributed by atoms with Crippen LogP contribution in [0.15, 0.2) is 24.3 Å². The zero-order valence-electron chi connectivity index (χ0n) is 11.2. The van der Waals surface area contributed by atoms with Gasteiger partial charge in [-0.3, -0.25) is 4.79 Å². The summed E-state index contributed by atoms with van der Waals surface area (Å²) in [7, 11) is 0. The van der Waals surface area contributed by atoms with Crippen LogP contribution in [0.5, 0.6) is 0 Å². The van der Waals surface area contributed by atoms with Gasteiger partial charge in [0.15, 0.2) is 5.82 Å². The van der Waals surface area contributed by atoms with Crippen LogP contribution in [0.3, 0.4) is 0 Å². The highest BCUT2D eigenvalue weighted by Crippen LogP contribution is 2.15. The van der Waals surface area contributed by atoms with Gasteiger partial charge in [0.05, 0.1) is 5.69 Å². The van der Waals surface area contributed by atoms with Gasteiger partial charge in [0.2, 0.25) is 5.91 Å². The van der Waals surface area contributed by atoms with E-state index in [-0.39, 0.29) is 5.91 Å². The van der Waals surface area contributed by atoms with Crippen molar-refractivity contribution in [2.24, 2.45) is 0 Å². The SMILES string of the molecule is Cc1nnnn1-c1cccc(NC(=O)CCCCCl)c1. The lowest BCUT2D eigenvalue weighted by atomic mass is 10.2. The highest BCUT2D eigenvalue weighted by atomic mass is 35.5. The van der Waals surface area contributed by atoms with Crippen molar-refractivity contribution in [1.29, 1.82) is 0 Å². The standard InChI is InChI=1S/C13H16ClN5O/c1-10-16-17-18-19(10)12-6-4-5-11(9-12)15-13(20)7-2-3-8-14/h4-6,9H,2-3,7-8H2,1H3,(H,15,20). The minimum Gasteiger partial charge on any atom is -0.326 e. The first-order valence-electron chi connectivity index (χ1n) is 6.42. The molecule has 0 saturated carbocycles. The minimum atomic E-state index is -0.0132. The molecule has 0 spiro atoms. The van der Waals surface area contributed by atoms with Gasteiger partial charge in [-0.25, -0.2) is 0 Å². The van der Waals surface area contributed by atoms with Crippen molar-refractivity contribution >= 4 is 23.2 Å². The molecule has 1 aromatic heterocycles. The molecule has 1 heterocycles. The molecule has 1 aromatic carbocycles. The predicted molar refractivity (Wildman–Crippen MR) is 77.1 cm³/mol. The van der Waals surface area contributed by atoms with Gasteiger partial charge in [-0.1, -0.05) is 6.07 Å². The Balaban J connectivity index is 2.03. The summed E-state index contributed by atoms with van der Waals surface area (Å²) in [5, 5.41) is 14.2. The Morgan fingerprint density at radius 1 is 1.40 bits per heavy atom. The van der Waals surface area contributed by atoms with Crippen molar-refractivity contribution in [1.82, 2.24) is 20.2 Å². The van der Waals surface area contributed by atoms with Crippen molar-refractivity contribution in [2.75, 3.05) is 11.2 Å². The number of amides is 1. The number of nitrogens with one attached hydrogen (secondary N) is 1. The maximum absolute atomic E-state index is 11.8. The van der Waals surface area contributed by atoms with Gasteiger partial charge in [-0.2, -0.15) is 4.68 Å². The number of hydrogen-bond acceptors (Lipinski definition) is 4. The number of carbonyl (C=O) groups is 1. The number of carbonyl (C=O) groups excluding carboxylic acids is 1. The molecule has 1 amide bonds. The van der Waals surface area contributed by atoms with Gasteiger partial charge in [0.1, 0.15) is 0 Å². The summed E-state index contributed by atoms with van der Waals surface area (Å²) in [6, 6.07) is 7.41. The lowest BCUT2D eigenvalue weighted by Gasteiger charge is -2.07. The molecule has 0 fully saturated rings. The van der Waals surface area contributed by atoms with Crippen molar-refractivity contribution in [3.8, 4) is 5.69 Å². The number of anilines is 1. The number of nitrogens with zero attached hydrogens (tertiary/aromatic N) is 4. The van der Waals surface area contributed by atoms with Crippen molar-refractivity contribution in [2.45, 2.75) is 26.2 Å². The second-order valence-corrected chi connectivity index (χ2v) is 4.76. The zero-order chi connectivity index (χ0) is 14.4. The van der Waals surface area contributed by atoms with Crippen molar-refractivity contribution in [3.63, 3.8) is 0 Å². The molecule has 6 nitrogen and oxygen atoms in total. The largest absolute Gasteiger partial charge is 0.326 e. The maximum Gasteiger partial charge on any atom is 0.224 e. The number of halogens is 1. The Hall–Kier alpha value is -1.95. The third-order valence-corrected chi connectivity index (χ3v) is 3.05. The predicted octanol–water partition coefficient (Wildman–Crippen LogP) is 2.32. The first-order valence-corrected chi connectivity index (χ1v) is 6.95. The summed E-state index contributed by atoms with van der Waals surface area (Å²) < 4.78 is 1.61. The third-order valence-electron chi connectivity index (χ3n) is 2.79. The van der Waals surface area contributed by atoms with E-state index in [0.29, 0.717) is 18.1 Å². The Morgan fingerprint density at radius 2 is 2.25 bits per heavy atom. The average molecular weight is 294 g/mol. The summed E-state index contributed by atoms with van der Waals surface area (Å²) >= 11 is 5.58. The minimum absolute atomic E-state index is 0.0132. The number of aromatic nitrogens is 4. The molecule has 2 aromatic rings. The van der Waals surface area contributed by atoms with Crippen LogP contribution in [0.4, 0.5) is 5.69 Å². The van der Waals surface area contributed by atoms with Crippen LogP contribution in [-0.2, 0) is 4.79 Å². The van der Waals surface area contributed by atoms with Gasteiger partial charge in [-0.15, -0.1) is 16.7 Å². The smallest absolute Gasteiger partial charge is 0.224 e. The van der Waals surface area contributed by atoms with Crippen LogP contribution in [0, 0.1) is 6.92 Å². The number of hydrogen-bond donors (Lipinski definition) is 1. The van der Waals surface area contributed by atoms with E-state index < -0.39 is 0 Å². The van der Waals surface area contributed by atoms with Gasteiger partial charge in [0.25, 0.3) is 0 Å². The normalized spacial score (nSPS) is 10.5. The van der Waals surface area contributed by atoms with Gasteiger partial charge in [0, 0.05) is 18.0 Å². The summed E-state index contributed by atoms with van der Waals surface area (Å²) in [5.41, 5.74) is 1.54. The zero-order valence-corrected chi connectivity index (χ0v) is 12.0. The highest BCUT2D eigenvalue weighted by Gasteiger charge is 2.06. The van der Waals surface area contributed by atoms with Crippen LogP contribution in [0.25, 0.3) is 5.69 Å². The van der Waals surface area contributed by atoms with Crippen LogP contribution >= 0.6 is 11.6 Å². The summed E-state index contributed by atoms with van der Waals surface area (Å²) in [5.74, 6) is 1.26. The second-order valence-electron chi connectivity index (χ2n) is 4.38. The molecular formula is C13H16ClN5O. The van der Waals surface area contributed by atoms with E-state index in [2.05, 4.69) is 20.8 Å². The Morgan fingerprint density at radius 3 is 2.95 bits per heavy atom. The Labute approximate surface area is 122 Å². The fourth-order valence-electron chi connectivity index (χ4n) is 1.79. The van der Waals surface area contributed by atoms with Crippen LogP contribution in [0.2, 0.25) is 0 Å². The van der Waals surface area contributed by atoms with Gasteiger partial charge < -0.3 is 5.32 Å². The van der Waals surface area contributed by atoms with E-state index >= 15 is 0 Å². The average Bonchev–Trinajstić information content (AvgIpc) is 2.85. The highest BCUT2D eigenvalue weighted by molar-refractivity contribution is 6.17. The molecule has 0 atom stereocenters. The van der Waals surface area contributed by atoms with Crippen LogP contribution in [-0.4, -0.2) is 32.0 Å². The molecule has 0 bridgehead atoms. The second kappa shape index (κ2) is 7.00. The number of tetrazole rings is 1. The van der Waals surface area contributed by atoms with E-state index in [1.165, 1.54) is 0 Å². The number of benzene rings is 1. The fraction of sp³-hybridized carbons (Fsp3) is 0.385. The maximum atomic E-state index is 11.8. The van der Waals surface area contributed by atoms with Gasteiger partial charge >= 0.3 is 0 Å². The molecule has 0 radical (unpaired) electrons. The molecule has 0 aliphatic carbocycles. The first kappa shape index (κ1) is 14.5. The Bertz CT molecular complexity index is 584. The van der Waals surface area contributed by atoms with E-state index in [4.69, 9.17) is 11.6 Å². The van der Waals surface area contributed by atoms with E-state index in [9.17, 15) is 4.79 Å². The molecule has 0 aliphatic rings. The first-order chi connectivity index (χ1) is 9.70. The molecule has 0 aliphatic heterocycles.